The minimum atomic E-state index is -4.25. The summed E-state index contributed by atoms with van der Waals surface area (Å²) in [6.07, 6.45) is 3.16. The van der Waals surface area contributed by atoms with Crippen LogP contribution < -0.4 is 0 Å². The van der Waals surface area contributed by atoms with Gasteiger partial charge in [-0.15, -0.1) is 0 Å². The van der Waals surface area contributed by atoms with Gasteiger partial charge in [0, 0.05) is 5.02 Å². The van der Waals surface area contributed by atoms with E-state index in [9.17, 15) is 13.0 Å². The van der Waals surface area contributed by atoms with Crippen molar-refractivity contribution >= 4 is 21.7 Å². The summed E-state index contributed by atoms with van der Waals surface area (Å²) in [5.41, 5.74) is 1.48. The van der Waals surface area contributed by atoms with Gasteiger partial charge in [0.15, 0.2) is 0 Å². The Labute approximate surface area is 132 Å². The largest absolute Gasteiger partial charge is 0.285 e. The van der Waals surface area contributed by atoms with Gasteiger partial charge >= 0.3 is 0 Å². The fraction of sp³-hybridized carbons (Fsp3) is 0.500. The van der Waals surface area contributed by atoms with Crippen LogP contribution in [-0.2, 0) is 14.9 Å². The zero-order valence-corrected chi connectivity index (χ0v) is 14.5. The molecule has 0 bridgehead atoms. The second kappa shape index (κ2) is 6.95. The maximum Gasteiger partial charge on any atom is 0.274 e. The predicted molar refractivity (Wildman–Crippen MR) is 88.2 cm³/mol. The number of hydrogen-bond donors (Lipinski definition) is 1. The van der Waals surface area contributed by atoms with Gasteiger partial charge in [0.2, 0.25) is 0 Å². The lowest BCUT2D eigenvalue weighted by Gasteiger charge is -2.27. The van der Waals surface area contributed by atoms with Gasteiger partial charge in [0.05, 0.1) is 0 Å². The van der Waals surface area contributed by atoms with Crippen LogP contribution >= 0.6 is 11.6 Å². The SMILES string of the molecule is CC(=CCC(C)C)CC(C)(c1ccc(Cl)cc1)S(=O)(=O)O. The van der Waals surface area contributed by atoms with Crippen LogP contribution in [0.2, 0.25) is 5.02 Å². The predicted octanol–water partition coefficient (Wildman–Crippen LogP) is 4.83. The van der Waals surface area contributed by atoms with Crippen molar-refractivity contribution in [3.05, 3.63) is 46.5 Å². The quantitative estimate of drug-likeness (QED) is 0.600. The zero-order chi connectivity index (χ0) is 16.3. The van der Waals surface area contributed by atoms with Gasteiger partial charge in [-0.25, -0.2) is 0 Å². The van der Waals surface area contributed by atoms with E-state index in [1.807, 2.05) is 13.0 Å². The second-order valence-electron chi connectivity index (χ2n) is 6.07. The molecule has 0 aromatic heterocycles. The highest BCUT2D eigenvalue weighted by Crippen LogP contribution is 2.36. The van der Waals surface area contributed by atoms with Crippen LogP contribution in [0.1, 0.15) is 46.1 Å². The van der Waals surface area contributed by atoms with Crippen LogP contribution in [0.3, 0.4) is 0 Å². The van der Waals surface area contributed by atoms with Gasteiger partial charge < -0.3 is 0 Å². The Morgan fingerprint density at radius 1 is 1.33 bits per heavy atom. The van der Waals surface area contributed by atoms with E-state index in [-0.39, 0.29) is 6.42 Å². The van der Waals surface area contributed by atoms with Gasteiger partial charge in [0.1, 0.15) is 4.75 Å². The Morgan fingerprint density at radius 2 is 1.86 bits per heavy atom. The summed E-state index contributed by atoms with van der Waals surface area (Å²) < 4.78 is 32.1. The highest BCUT2D eigenvalue weighted by molar-refractivity contribution is 7.86. The van der Waals surface area contributed by atoms with Crippen molar-refractivity contribution in [1.29, 1.82) is 0 Å². The fourth-order valence-corrected chi connectivity index (χ4v) is 3.16. The maximum atomic E-state index is 11.9. The molecule has 21 heavy (non-hydrogen) atoms. The molecule has 0 aliphatic carbocycles. The van der Waals surface area contributed by atoms with E-state index in [4.69, 9.17) is 11.6 Å². The Hall–Kier alpha value is -0.840. The zero-order valence-electron chi connectivity index (χ0n) is 12.9. The lowest BCUT2D eigenvalue weighted by molar-refractivity contribution is 0.433. The number of hydrogen-bond acceptors (Lipinski definition) is 2. The van der Waals surface area contributed by atoms with Gasteiger partial charge in [-0.1, -0.05) is 49.2 Å². The van der Waals surface area contributed by atoms with Crippen molar-refractivity contribution < 1.29 is 13.0 Å². The molecule has 0 aliphatic rings. The van der Waals surface area contributed by atoms with Crippen molar-refractivity contribution in [3.63, 3.8) is 0 Å². The average molecular weight is 331 g/mol. The fourth-order valence-electron chi connectivity index (χ4n) is 2.19. The van der Waals surface area contributed by atoms with Crippen molar-refractivity contribution in [2.75, 3.05) is 0 Å². The first-order chi connectivity index (χ1) is 9.56. The molecule has 0 saturated heterocycles. The molecule has 1 unspecified atom stereocenters. The summed E-state index contributed by atoms with van der Waals surface area (Å²) in [6.45, 7) is 7.63. The third kappa shape index (κ3) is 4.83. The topological polar surface area (TPSA) is 54.4 Å². The van der Waals surface area contributed by atoms with E-state index in [0.29, 0.717) is 16.5 Å². The van der Waals surface area contributed by atoms with Gasteiger partial charge in [-0.3, -0.25) is 4.55 Å². The van der Waals surface area contributed by atoms with Crippen LogP contribution in [0.25, 0.3) is 0 Å². The summed E-state index contributed by atoms with van der Waals surface area (Å²) >= 11 is 5.84. The van der Waals surface area contributed by atoms with E-state index in [0.717, 1.165) is 12.0 Å². The molecule has 1 aromatic rings. The molecule has 5 heteroatoms. The van der Waals surface area contributed by atoms with Crippen LogP contribution in [0.15, 0.2) is 35.9 Å². The van der Waals surface area contributed by atoms with E-state index >= 15 is 0 Å². The molecule has 1 N–H and O–H groups in total. The molecule has 0 spiro atoms. The first-order valence-corrected chi connectivity index (χ1v) is 8.77. The minimum absolute atomic E-state index is 0.250. The lowest BCUT2D eigenvalue weighted by Crippen LogP contribution is -2.32. The van der Waals surface area contributed by atoms with E-state index < -0.39 is 14.9 Å². The summed E-state index contributed by atoms with van der Waals surface area (Å²) in [4.78, 5) is 0. The van der Waals surface area contributed by atoms with Crippen LogP contribution in [-0.4, -0.2) is 13.0 Å². The van der Waals surface area contributed by atoms with Gasteiger partial charge in [-0.05, 0) is 50.3 Å². The van der Waals surface area contributed by atoms with Crippen LogP contribution in [0, 0.1) is 5.92 Å². The molecule has 0 amide bonds. The Balaban J connectivity index is 3.17. The summed E-state index contributed by atoms with van der Waals surface area (Å²) in [5, 5.41) is 0.531. The Bertz CT molecular complexity index is 603. The van der Waals surface area contributed by atoms with Crippen molar-refractivity contribution in [3.8, 4) is 0 Å². The lowest BCUT2D eigenvalue weighted by atomic mass is 9.92. The normalized spacial score (nSPS) is 16.0. The molecular weight excluding hydrogens is 308 g/mol. The van der Waals surface area contributed by atoms with Gasteiger partial charge in [0.25, 0.3) is 10.1 Å². The number of allylic oxidation sites excluding steroid dienone is 2. The summed E-state index contributed by atoms with van der Waals surface area (Å²) in [7, 11) is -4.25. The van der Waals surface area contributed by atoms with Crippen molar-refractivity contribution in [2.45, 2.75) is 45.3 Å². The number of rotatable bonds is 6. The second-order valence-corrected chi connectivity index (χ2v) is 8.36. The molecule has 1 rings (SSSR count). The summed E-state index contributed by atoms with van der Waals surface area (Å²) in [5.74, 6) is 0.507. The Kier molecular flexibility index (Phi) is 6.02. The smallest absolute Gasteiger partial charge is 0.274 e. The monoisotopic (exact) mass is 330 g/mol. The molecule has 118 valence electrons. The molecule has 1 atom stereocenters. The van der Waals surface area contributed by atoms with E-state index in [1.165, 1.54) is 6.92 Å². The highest BCUT2D eigenvalue weighted by Gasteiger charge is 2.39. The molecule has 3 nitrogen and oxygen atoms in total. The third-order valence-corrected chi connectivity index (χ3v) is 5.35. The van der Waals surface area contributed by atoms with E-state index in [1.54, 1.807) is 24.3 Å². The highest BCUT2D eigenvalue weighted by atomic mass is 35.5. The Morgan fingerprint density at radius 3 is 2.29 bits per heavy atom. The first kappa shape index (κ1) is 18.2. The molecule has 0 saturated carbocycles. The van der Waals surface area contributed by atoms with Crippen molar-refractivity contribution in [2.24, 2.45) is 5.92 Å². The molecule has 0 heterocycles. The standard InChI is InChI=1S/C16H23ClO3S/c1-12(2)5-6-13(3)11-16(4,21(18,19)20)14-7-9-15(17)10-8-14/h6-10,12H,5,11H2,1-4H3,(H,18,19,20). The van der Waals surface area contributed by atoms with Crippen LogP contribution in [0.5, 0.6) is 0 Å². The maximum absolute atomic E-state index is 11.9. The first-order valence-electron chi connectivity index (χ1n) is 6.95. The third-order valence-electron chi connectivity index (χ3n) is 3.58. The number of halogens is 1. The van der Waals surface area contributed by atoms with Gasteiger partial charge in [-0.2, -0.15) is 8.42 Å². The molecule has 0 fully saturated rings. The average Bonchev–Trinajstić information content (AvgIpc) is 2.35. The minimum Gasteiger partial charge on any atom is -0.285 e. The van der Waals surface area contributed by atoms with Crippen molar-refractivity contribution in [1.82, 2.24) is 0 Å². The van der Waals surface area contributed by atoms with E-state index in [2.05, 4.69) is 13.8 Å². The van der Waals surface area contributed by atoms with Crippen LogP contribution in [0.4, 0.5) is 0 Å². The molecular formula is C16H23ClO3S. The number of benzene rings is 1. The molecule has 0 radical (unpaired) electrons. The summed E-state index contributed by atoms with van der Waals surface area (Å²) in [6, 6.07) is 6.55. The molecule has 1 aromatic carbocycles. The molecule has 0 aliphatic heterocycles.